The van der Waals surface area contributed by atoms with Crippen LogP contribution in [-0.4, -0.2) is 89.2 Å². The first-order valence-electron chi connectivity index (χ1n) is 14.2. The number of fused-ring (bicyclic) bond motifs is 1. The summed E-state index contributed by atoms with van der Waals surface area (Å²) in [5.41, 5.74) is 1.09. The molecule has 4 rings (SSSR count). The molecular formula is C28H42N6O6S. The number of carbonyl (C=O) groups is 2. The van der Waals surface area contributed by atoms with Crippen molar-refractivity contribution >= 4 is 27.6 Å². The van der Waals surface area contributed by atoms with Gasteiger partial charge in [-0.15, -0.1) is 0 Å². The van der Waals surface area contributed by atoms with E-state index in [1.54, 1.807) is 41.6 Å². The number of aromatic nitrogens is 2. The topological polar surface area (TPSA) is 146 Å². The van der Waals surface area contributed by atoms with Gasteiger partial charge in [-0.2, -0.15) is 4.31 Å². The number of hydrogen-bond donors (Lipinski definition) is 3. The number of ether oxygens (including phenoxy) is 1. The van der Waals surface area contributed by atoms with E-state index in [-0.39, 0.29) is 55.0 Å². The third kappa shape index (κ3) is 7.57. The van der Waals surface area contributed by atoms with Gasteiger partial charge in [-0.25, -0.2) is 18.2 Å². The van der Waals surface area contributed by atoms with Crippen LogP contribution in [0.15, 0.2) is 35.7 Å². The molecule has 1 saturated carbocycles. The Hall–Kier alpha value is -3.16. The third-order valence-electron chi connectivity index (χ3n) is 7.91. The number of carbonyl (C=O) groups excluding carboxylic acids is 2. The lowest BCUT2D eigenvalue weighted by Crippen LogP contribution is -2.48. The van der Waals surface area contributed by atoms with Gasteiger partial charge < -0.3 is 29.9 Å². The van der Waals surface area contributed by atoms with E-state index in [4.69, 9.17) is 4.74 Å². The Bertz CT molecular complexity index is 1330. The Morgan fingerprint density at radius 2 is 2.00 bits per heavy atom. The molecule has 2 heterocycles. The Kier molecular flexibility index (Phi) is 9.92. The van der Waals surface area contributed by atoms with Crippen molar-refractivity contribution in [2.75, 3.05) is 32.1 Å². The zero-order valence-corrected chi connectivity index (χ0v) is 25.1. The normalized spacial score (nSPS) is 21.3. The van der Waals surface area contributed by atoms with Crippen LogP contribution in [0.25, 0.3) is 0 Å². The third-order valence-corrected chi connectivity index (χ3v) is 9.62. The fourth-order valence-corrected chi connectivity index (χ4v) is 6.50. The number of aliphatic hydroxyl groups excluding tert-OH is 1. The van der Waals surface area contributed by atoms with Crippen molar-refractivity contribution in [2.45, 2.75) is 75.6 Å². The van der Waals surface area contributed by atoms with Gasteiger partial charge >= 0.3 is 6.03 Å². The molecule has 2 aromatic rings. The highest BCUT2D eigenvalue weighted by Gasteiger charge is 2.34. The smallest absolute Gasteiger partial charge is 0.319 e. The first kappa shape index (κ1) is 30.8. The minimum atomic E-state index is -3.88. The molecule has 0 bridgehead atoms. The molecule has 1 aromatic carbocycles. The van der Waals surface area contributed by atoms with Crippen molar-refractivity contribution in [2.24, 2.45) is 13.0 Å². The summed E-state index contributed by atoms with van der Waals surface area (Å²) in [5, 5.41) is 15.7. The minimum absolute atomic E-state index is 0.000943. The molecule has 0 saturated heterocycles. The maximum atomic E-state index is 13.4. The second kappa shape index (κ2) is 13.2. The number of amides is 3. The van der Waals surface area contributed by atoms with Crippen LogP contribution >= 0.6 is 0 Å². The number of likely N-dealkylation sites (N-methyl/N-ethyl adjacent to an activating group) is 1. The van der Waals surface area contributed by atoms with E-state index in [2.05, 4.69) is 15.6 Å². The van der Waals surface area contributed by atoms with Gasteiger partial charge in [0.25, 0.3) is 10.0 Å². The van der Waals surface area contributed by atoms with Crippen LogP contribution in [0.1, 0.15) is 51.5 Å². The quantitative estimate of drug-likeness (QED) is 0.428. The molecule has 3 atom stereocenters. The van der Waals surface area contributed by atoms with Crippen LogP contribution in [0.2, 0.25) is 0 Å². The highest BCUT2D eigenvalue weighted by atomic mass is 32.2. The van der Waals surface area contributed by atoms with Gasteiger partial charge in [-0.05, 0) is 38.0 Å². The van der Waals surface area contributed by atoms with Gasteiger partial charge in [0, 0.05) is 50.0 Å². The molecule has 2 aliphatic rings. The molecule has 226 valence electrons. The predicted octanol–water partition coefficient (Wildman–Crippen LogP) is 2.34. The van der Waals surface area contributed by atoms with E-state index < -0.39 is 22.2 Å². The summed E-state index contributed by atoms with van der Waals surface area (Å²) in [6.07, 6.45) is 7.56. The van der Waals surface area contributed by atoms with Crippen molar-refractivity contribution in [3.63, 3.8) is 0 Å². The fraction of sp³-hybridized carbons (Fsp3) is 0.607. The maximum absolute atomic E-state index is 13.4. The Balaban J connectivity index is 1.59. The number of nitrogens with zero attached hydrogens (tertiary/aromatic N) is 4. The van der Waals surface area contributed by atoms with Gasteiger partial charge in [-0.3, -0.25) is 4.79 Å². The second-order valence-electron chi connectivity index (χ2n) is 11.3. The van der Waals surface area contributed by atoms with E-state index in [0.29, 0.717) is 17.0 Å². The number of aryl methyl sites for hydroxylation is 1. The Morgan fingerprint density at radius 3 is 2.66 bits per heavy atom. The fourth-order valence-electron chi connectivity index (χ4n) is 5.36. The van der Waals surface area contributed by atoms with Crippen molar-refractivity contribution in [1.29, 1.82) is 0 Å². The highest BCUT2D eigenvalue weighted by molar-refractivity contribution is 7.89. The van der Waals surface area contributed by atoms with E-state index in [0.717, 1.165) is 25.7 Å². The molecule has 0 unspecified atom stereocenters. The summed E-state index contributed by atoms with van der Waals surface area (Å²) in [6, 6.07) is 4.55. The van der Waals surface area contributed by atoms with Crippen LogP contribution in [0.5, 0.6) is 5.75 Å². The summed E-state index contributed by atoms with van der Waals surface area (Å²) in [4.78, 5) is 31.7. The summed E-state index contributed by atoms with van der Waals surface area (Å²) < 4.78 is 35.6. The molecule has 3 N–H and O–H groups in total. The highest BCUT2D eigenvalue weighted by Crippen LogP contribution is 2.30. The number of hydrogen-bond acceptors (Lipinski definition) is 7. The summed E-state index contributed by atoms with van der Waals surface area (Å²) in [7, 11) is -0.705. The van der Waals surface area contributed by atoms with Gasteiger partial charge in [0.2, 0.25) is 5.91 Å². The molecular weight excluding hydrogens is 548 g/mol. The SMILES string of the molecule is C[C@@H]1CN([C@@H](C)CO)C(=O)Cc2cc(NC(=O)NC3CCCCC3)ccc2O[C@@H]1CN(C)S(=O)(=O)c1cn(C)cn1. The molecule has 41 heavy (non-hydrogen) atoms. The first-order chi connectivity index (χ1) is 19.5. The molecule has 1 aromatic heterocycles. The molecule has 0 spiro atoms. The minimum Gasteiger partial charge on any atom is -0.488 e. The molecule has 13 heteroatoms. The maximum Gasteiger partial charge on any atom is 0.319 e. The second-order valence-corrected chi connectivity index (χ2v) is 13.3. The molecule has 1 aliphatic carbocycles. The van der Waals surface area contributed by atoms with Crippen LogP contribution < -0.4 is 15.4 Å². The zero-order chi connectivity index (χ0) is 29.7. The average Bonchev–Trinajstić information content (AvgIpc) is 3.40. The van der Waals surface area contributed by atoms with Crippen LogP contribution in [0.3, 0.4) is 0 Å². The van der Waals surface area contributed by atoms with E-state index >= 15 is 0 Å². The Morgan fingerprint density at radius 1 is 1.27 bits per heavy atom. The first-order valence-corrected chi connectivity index (χ1v) is 15.6. The van der Waals surface area contributed by atoms with Crippen molar-refractivity contribution < 1.29 is 27.9 Å². The van der Waals surface area contributed by atoms with E-state index in [9.17, 15) is 23.1 Å². The number of aliphatic hydroxyl groups is 1. The lowest BCUT2D eigenvalue weighted by Gasteiger charge is -2.33. The van der Waals surface area contributed by atoms with Gasteiger partial charge in [-0.1, -0.05) is 26.2 Å². The zero-order valence-electron chi connectivity index (χ0n) is 24.2. The Labute approximate surface area is 242 Å². The number of rotatable bonds is 8. The monoisotopic (exact) mass is 590 g/mol. The van der Waals surface area contributed by atoms with Crippen LogP contribution in [-0.2, 0) is 28.3 Å². The number of urea groups is 1. The molecule has 12 nitrogen and oxygen atoms in total. The van der Waals surface area contributed by atoms with Crippen LogP contribution in [0, 0.1) is 5.92 Å². The molecule has 1 aliphatic heterocycles. The lowest BCUT2D eigenvalue weighted by atomic mass is 9.96. The lowest BCUT2D eigenvalue weighted by molar-refractivity contribution is -0.134. The van der Waals surface area contributed by atoms with E-state index in [1.807, 2.05) is 6.92 Å². The average molecular weight is 591 g/mol. The molecule has 3 amide bonds. The number of sulfonamides is 1. The predicted molar refractivity (Wildman–Crippen MR) is 154 cm³/mol. The largest absolute Gasteiger partial charge is 0.488 e. The molecule has 0 radical (unpaired) electrons. The summed E-state index contributed by atoms with van der Waals surface area (Å²) in [6.45, 7) is 3.73. The van der Waals surface area contributed by atoms with Gasteiger partial charge in [0.1, 0.15) is 11.9 Å². The number of benzene rings is 1. The summed E-state index contributed by atoms with van der Waals surface area (Å²) >= 11 is 0. The summed E-state index contributed by atoms with van der Waals surface area (Å²) in [5.74, 6) is -0.0305. The number of anilines is 1. The van der Waals surface area contributed by atoms with E-state index in [1.165, 1.54) is 30.3 Å². The standard InChI is InChI=1S/C28H42N6O6S/c1-19-14-34(20(2)17-35)27(36)13-21-12-23(31-28(37)30-22-8-6-5-7-9-22)10-11-24(21)40-25(19)15-33(4)41(38,39)26-16-32(3)18-29-26/h10-12,16,18-20,22,25,35H,5-9,13-15,17H2,1-4H3,(H2,30,31,37)/t19-,20+,25-/m1/s1. The van der Waals surface area contributed by atoms with Crippen molar-refractivity contribution in [3.05, 3.63) is 36.3 Å². The van der Waals surface area contributed by atoms with Gasteiger partial charge in [0.05, 0.1) is 31.9 Å². The van der Waals surface area contributed by atoms with Crippen molar-refractivity contribution in [3.8, 4) is 5.75 Å². The van der Waals surface area contributed by atoms with Gasteiger partial charge in [0.15, 0.2) is 5.03 Å². The van der Waals surface area contributed by atoms with Crippen molar-refractivity contribution in [1.82, 2.24) is 24.1 Å². The van der Waals surface area contributed by atoms with Crippen LogP contribution in [0.4, 0.5) is 10.5 Å². The molecule has 1 fully saturated rings. The number of imidazole rings is 1. The number of nitrogens with one attached hydrogen (secondary N) is 2.